The summed E-state index contributed by atoms with van der Waals surface area (Å²) in [6.07, 6.45) is 0.435. The van der Waals surface area contributed by atoms with Gasteiger partial charge < -0.3 is 4.90 Å². The van der Waals surface area contributed by atoms with Crippen LogP contribution in [0.4, 0.5) is 0 Å². The summed E-state index contributed by atoms with van der Waals surface area (Å²) < 4.78 is 0. The van der Waals surface area contributed by atoms with Crippen molar-refractivity contribution < 1.29 is 9.59 Å². The van der Waals surface area contributed by atoms with Gasteiger partial charge in [-0.25, -0.2) is 0 Å². The van der Waals surface area contributed by atoms with Gasteiger partial charge in [0.2, 0.25) is 5.91 Å². The maximum Gasteiger partial charge on any atom is 0.232 e. The van der Waals surface area contributed by atoms with E-state index in [1.807, 2.05) is 4.90 Å². The average molecular weight is 241 g/mol. The van der Waals surface area contributed by atoms with Crippen molar-refractivity contribution in [3.63, 3.8) is 0 Å². The van der Waals surface area contributed by atoms with Crippen molar-refractivity contribution in [2.45, 2.75) is 48.0 Å². The van der Waals surface area contributed by atoms with E-state index in [0.717, 1.165) is 13.1 Å². The molecule has 100 valence electrons. The SMILES string of the molecule is CCC(=O)[C@@H](C)C(=O)N(CC(C)C)CC(C)C. The minimum atomic E-state index is -0.488. The van der Waals surface area contributed by atoms with Crippen molar-refractivity contribution in [3.8, 4) is 0 Å². The van der Waals surface area contributed by atoms with E-state index in [4.69, 9.17) is 0 Å². The summed E-state index contributed by atoms with van der Waals surface area (Å²) in [4.78, 5) is 25.6. The molecule has 0 aliphatic heterocycles. The van der Waals surface area contributed by atoms with Gasteiger partial charge in [-0.2, -0.15) is 0 Å². The largest absolute Gasteiger partial charge is 0.342 e. The minimum Gasteiger partial charge on any atom is -0.342 e. The van der Waals surface area contributed by atoms with E-state index in [0.29, 0.717) is 18.3 Å². The number of Topliss-reactive ketones (excluding diaryl/α,β-unsaturated/α-hetero) is 1. The quantitative estimate of drug-likeness (QED) is 0.643. The Morgan fingerprint density at radius 2 is 1.35 bits per heavy atom. The Labute approximate surface area is 106 Å². The van der Waals surface area contributed by atoms with Crippen molar-refractivity contribution >= 4 is 11.7 Å². The van der Waals surface area contributed by atoms with E-state index in [1.165, 1.54) is 0 Å². The Kier molecular flexibility index (Phi) is 7.09. The highest BCUT2D eigenvalue weighted by molar-refractivity contribution is 6.00. The van der Waals surface area contributed by atoms with Gasteiger partial charge in [0.25, 0.3) is 0 Å². The van der Waals surface area contributed by atoms with Gasteiger partial charge in [0.05, 0.1) is 5.92 Å². The van der Waals surface area contributed by atoms with Crippen LogP contribution in [0.25, 0.3) is 0 Å². The molecule has 3 heteroatoms. The van der Waals surface area contributed by atoms with Crippen LogP contribution in [0.3, 0.4) is 0 Å². The summed E-state index contributed by atoms with van der Waals surface area (Å²) in [5.74, 6) is 0.396. The van der Waals surface area contributed by atoms with Crippen molar-refractivity contribution in [2.75, 3.05) is 13.1 Å². The molecule has 0 aromatic carbocycles. The van der Waals surface area contributed by atoms with Gasteiger partial charge in [-0.1, -0.05) is 34.6 Å². The lowest BCUT2D eigenvalue weighted by Gasteiger charge is -2.28. The van der Waals surface area contributed by atoms with Gasteiger partial charge in [0.1, 0.15) is 5.78 Å². The molecule has 0 saturated carbocycles. The molecule has 0 spiro atoms. The molecule has 1 amide bonds. The molecule has 0 aromatic heterocycles. The van der Waals surface area contributed by atoms with Crippen LogP contribution in [0.15, 0.2) is 0 Å². The third-order valence-electron chi connectivity index (χ3n) is 2.68. The van der Waals surface area contributed by atoms with Gasteiger partial charge in [-0.05, 0) is 18.8 Å². The fraction of sp³-hybridized carbons (Fsp3) is 0.857. The predicted octanol–water partition coefficient (Wildman–Crippen LogP) is 2.74. The number of carbonyl (C=O) groups excluding carboxylic acids is 2. The van der Waals surface area contributed by atoms with Crippen molar-refractivity contribution in [1.82, 2.24) is 4.90 Å². The molecule has 3 nitrogen and oxygen atoms in total. The third kappa shape index (κ3) is 5.85. The number of carbonyl (C=O) groups is 2. The zero-order valence-electron chi connectivity index (χ0n) is 12.1. The highest BCUT2D eigenvalue weighted by Gasteiger charge is 2.25. The molecular formula is C14H27NO2. The first-order chi connectivity index (χ1) is 7.79. The average Bonchev–Trinajstić information content (AvgIpc) is 2.23. The molecule has 0 N–H and O–H groups in total. The van der Waals surface area contributed by atoms with E-state index in [9.17, 15) is 9.59 Å². The fourth-order valence-corrected chi connectivity index (χ4v) is 1.85. The highest BCUT2D eigenvalue weighted by Crippen LogP contribution is 2.11. The molecule has 17 heavy (non-hydrogen) atoms. The number of amides is 1. The summed E-state index contributed by atoms with van der Waals surface area (Å²) in [6.45, 7) is 13.4. The topological polar surface area (TPSA) is 37.4 Å². The minimum absolute atomic E-state index is 0.0146. The second-order valence-corrected chi connectivity index (χ2v) is 5.57. The summed E-state index contributed by atoms with van der Waals surface area (Å²) in [5.41, 5.74) is 0. The molecule has 0 saturated heterocycles. The van der Waals surface area contributed by atoms with Crippen LogP contribution in [-0.4, -0.2) is 29.7 Å². The molecule has 0 radical (unpaired) electrons. The summed E-state index contributed by atoms with van der Waals surface area (Å²) >= 11 is 0. The maximum atomic E-state index is 12.2. The van der Waals surface area contributed by atoms with Crippen LogP contribution >= 0.6 is 0 Å². The van der Waals surface area contributed by atoms with E-state index in [2.05, 4.69) is 27.7 Å². The molecule has 0 aliphatic rings. The second-order valence-electron chi connectivity index (χ2n) is 5.57. The van der Waals surface area contributed by atoms with Gasteiger partial charge >= 0.3 is 0 Å². The molecular weight excluding hydrogens is 214 g/mol. The normalized spacial score (nSPS) is 12.9. The van der Waals surface area contributed by atoms with Crippen LogP contribution in [0.2, 0.25) is 0 Å². The Morgan fingerprint density at radius 1 is 0.941 bits per heavy atom. The van der Waals surface area contributed by atoms with Crippen LogP contribution in [0, 0.1) is 17.8 Å². The molecule has 1 atom stereocenters. The summed E-state index contributed by atoms with van der Waals surface area (Å²) in [5, 5.41) is 0. The Bertz CT molecular complexity index is 249. The number of hydrogen-bond acceptors (Lipinski definition) is 2. The number of nitrogens with zero attached hydrogens (tertiary/aromatic N) is 1. The van der Waals surface area contributed by atoms with E-state index < -0.39 is 5.92 Å². The number of hydrogen-bond donors (Lipinski definition) is 0. The van der Waals surface area contributed by atoms with Crippen LogP contribution in [0.5, 0.6) is 0 Å². The third-order valence-corrected chi connectivity index (χ3v) is 2.68. The predicted molar refractivity (Wildman–Crippen MR) is 70.7 cm³/mol. The van der Waals surface area contributed by atoms with Crippen molar-refractivity contribution in [2.24, 2.45) is 17.8 Å². The molecule has 0 bridgehead atoms. The summed E-state index contributed by atoms with van der Waals surface area (Å²) in [6, 6.07) is 0. The first-order valence-corrected chi connectivity index (χ1v) is 6.61. The van der Waals surface area contributed by atoms with E-state index in [-0.39, 0.29) is 11.7 Å². The Balaban J connectivity index is 4.67. The van der Waals surface area contributed by atoms with E-state index >= 15 is 0 Å². The van der Waals surface area contributed by atoms with Gasteiger partial charge in [0.15, 0.2) is 0 Å². The molecule has 0 rings (SSSR count). The lowest BCUT2D eigenvalue weighted by molar-refractivity contribution is -0.141. The zero-order valence-corrected chi connectivity index (χ0v) is 12.1. The van der Waals surface area contributed by atoms with E-state index in [1.54, 1.807) is 13.8 Å². The second kappa shape index (κ2) is 7.46. The highest BCUT2D eigenvalue weighted by atomic mass is 16.2. The first-order valence-electron chi connectivity index (χ1n) is 6.61. The molecule has 0 fully saturated rings. The zero-order chi connectivity index (χ0) is 13.6. The number of ketones is 1. The molecule has 0 aliphatic carbocycles. The van der Waals surface area contributed by atoms with Crippen LogP contribution in [-0.2, 0) is 9.59 Å². The maximum absolute atomic E-state index is 12.2. The number of rotatable bonds is 7. The van der Waals surface area contributed by atoms with Gasteiger partial charge in [-0.3, -0.25) is 9.59 Å². The van der Waals surface area contributed by atoms with Crippen molar-refractivity contribution in [1.29, 1.82) is 0 Å². The monoisotopic (exact) mass is 241 g/mol. The smallest absolute Gasteiger partial charge is 0.232 e. The van der Waals surface area contributed by atoms with Crippen LogP contribution in [0.1, 0.15) is 48.0 Å². The molecule has 0 unspecified atom stereocenters. The Morgan fingerprint density at radius 3 is 1.65 bits per heavy atom. The first kappa shape index (κ1) is 16.1. The Hall–Kier alpha value is -0.860. The standard InChI is InChI=1S/C14H27NO2/c1-7-13(16)12(6)14(17)15(8-10(2)3)9-11(4)5/h10-12H,7-9H2,1-6H3/t12-/m1/s1. The van der Waals surface area contributed by atoms with Crippen molar-refractivity contribution in [3.05, 3.63) is 0 Å². The lowest BCUT2D eigenvalue weighted by atomic mass is 10.0. The van der Waals surface area contributed by atoms with Crippen LogP contribution < -0.4 is 0 Å². The molecule has 0 heterocycles. The van der Waals surface area contributed by atoms with Gasteiger partial charge in [0, 0.05) is 19.5 Å². The summed E-state index contributed by atoms with van der Waals surface area (Å²) in [7, 11) is 0. The lowest BCUT2D eigenvalue weighted by Crippen LogP contribution is -2.42. The fourth-order valence-electron chi connectivity index (χ4n) is 1.85. The van der Waals surface area contributed by atoms with Gasteiger partial charge in [-0.15, -0.1) is 0 Å². The molecule has 0 aromatic rings.